The van der Waals surface area contributed by atoms with Gasteiger partial charge in [0.25, 0.3) is 0 Å². The van der Waals surface area contributed by atoms with Crippen LogP contribution in [-0.4, -0.2) is 19.9 Å². The van der Waals surface area contributed by atoms with Crippen molar-refractivity contribution < 1.29 is 8.83 Å². The fraction of sp³-hybridized carbons (Fsp3) is 0. The molecule has 24 rings (SSSR count). The molecule has 0 atom stereocenters. The molecule has 566 valence electrons. The van der Waals surface area contributed by atoms with Crippen LogP contribution in [0.1, 0.15) is 0 Å². The second-order valence-electron chi connectivity index (χ2n) is 31.8. The lowest BCUT2D eigenvalue weighted by atomic mass is 9.88. The highest BCUT2D eigenvalue weighted by molar-refractivity contribution is 6.29. The highest BCUT2D eigenvalue weighted by atomic mass is 16.3. The van der Waals surface area contributed by atoms with Gasteiger partial charge in [0.1, 0.15) is 22.3 Å². The van der Waals surface area contributed by atoms with E-state index in [0.717, 1.165) is 189 Å². The number of furan rings is 2. The zero-order chi connectivity index (χ0) is 80.3. The first-order valence-electron chi connectivity index (χ1n) is 41.5. The first-order valence-corrected chi connectivity index (χ1v) is 41.5. The van der Waals surface area contributed by atoms with E-state index >= 15 is 0 Å². The Bertz CT molecular complexity index is 8220. The smallest absolute Gasteiger partial charge is 0.161 e. The molecule has 0 radical (unpaired) electrons. The van der Waals surface area contributed by atoms with Gasteiger partial charge < -0.3 is 8.83 Å². The van der Waals surface area contributed by atoms with Crippen LogP contribution in [0.2, 0.25) is 0 Å². The van der Waals surface area contributed by atoms with Crippen molar-refractivity contribution >= 4 is 109 Å². The second kappa shape index (κ2) is 28.8. The topological polar surface area (TPSA) is 77.8 Å². The first-order chi connectivity index (χ1) is 60.4. The van der Waals surface area contributed by atoms with Crippen molar-refractivity contribution in [2.75, 3.05) is 0 Å². The van der Waals surface area contributed by atoms with Gasteiger partial charge in [0.05, 0.1) is 22.8 Å². The summed E-state index contributed by atoms with van der Waals surface area (Å²) in [5.74, 6) is 1.23. The fourth-order valence-electron chi connectivity index (χ4n) is 18.8. The van der Waals surface area contributed by atoms with Gasteiger partial charge in [-0.3, -0.25) is 0 Å². The summed E-state index contributed by atoms with van der Waals surface area (Å²) in [4.78, 5) is 22.5. The molecule has 0 aliphatic carbocycles. The number of rotatable bonds is 13. The highest BCUT2D eigenvalue weighted by Crippen LogP contribution is 2.50. The third kappa shape index (κ3) is 12.0. The van der Waals surface area contributed by atoms with E-state index in [4.69, 9.17) is 28.8 Å². The van der Waals surface area contributed by atoms with Crippen LogP contribution >= 0.6 is 0 Å². The quantitative estimate of drug-likeness (QED) is 0.107. The molecule has 0 amide bonds. The van der Waals surface area contributed by atoms with Crippen molar-refractivity contribution in [2.45, 2.75) is 0 Å². The standard InChI is InChI=1S/C116H70N4O2/c1-4-23-71(24-5-1)74-45-49-76(50-46-74)103-69-104(118-115(117-103)98-59-61-109-113(96-41-16-18-43-107(96)121-109)111(98)85-54-57-93-89-37-11-10-35-87(89)88-36-12-14-39-91(88)101(93)67-85)77-51-47-75(48-52-77)78-29-20-32-81(63-78)82-53-56-95-100(66-82)92-40-15-13-38-90(92)94-58-55-86(68-102(94)95)112-99(60-62-110-114(112)97-42-17-19-44-108(97)122-110)116-119-105(83-33-21-30-79(64-83)72-25-6-2-7-26-72)70-106(120-116)84-34-22-31-80(65-84)73-27-8-3-9-28-73/h1-70H. The summed E-state index contributed by atoms with van der Waals surface area (Å²) < 4.78 is 13.5. The number of aromatic nitrogens is 4. The molecule has 0 fully saturated rings. The van der Waals surface area contributed by atoms with Crippen LogP contribution in [-0.2, 0) is 0 Å². The van der Waals surface area contributed by atoms with Crippen molar-refractivity contribution in [3.05, 3.63) is 425 Å². The number of nitrogens with zero attached hydrogens (tertiary/aromatic N) is 4. The van der Waals surface area contributed by atoms with Gasteiger partial charge in [-0.25, -0.2) is 19.9 Å². The lowest BCUT2D eigenvalue weighted by Gasteiger charge is -2.17. The van der Waals surface area contributed by atoms with Gasteiger partial charge in [0.15, 0.2) is 11.6 Å². The third-order valence-electron chi connectivity index (χ3n) is 24.7. The van der Waals surface area contributed by atoms with Crippen LogP contribution in [0.4, 0.5) is 0 Å². The average Bonchev–Trinajstić information content (AvgIpc) is 0.868. The molecule has 4 aromatic heterocycles. The minimum Gasteiger partial charge on any atom is -0.456 e. The number of hydrogen-bond acceptors (Lipinski definition) is 6. The van der Waals surface area contributed by atoms with Crippen LogP contribution in [0.15, 0.2) is 433 Å². The minimum atomic E-state index is 0.612. The Kier molecular flexibility index (Phi) is 16.5. The molecule has 24 aromatic rings. The van der Waals surface area contributed by atoms with E-state index in [-0.39, 0.29) is 0 Å². The summed E-state index contributed by atoms with van der Waals surface area (Å²) in [6, 6.07) is 153. The van der Waals surface area contributed by atoms with Gasteiger partial charge in [-0.15, -0.1) is 0 Å². The number of hydrogen-bond donors (Lipinski definition) is 0. The molecule has 6 nitrogen and oxygen atoms in total. The monoisotopic (exact) mass is 1550 g/mol. The Morgan fingerprint density at radius 1 is 0.139 bits per heavy atom. The fourth-order valence-corrected chi connectivity index (χ4v) is 18.8. The van der Waals surface area contributed by atoms with E-state index in [9.17, 15) is 0 Å². The summed E-state index contributed by atoms with van der Waals surface area (Å²) in [7, 11) is 0. The lowest BCUT2D eigenvalue weighted by Crippen LogP contribution is -1.98. The maximum absolute atomic E-state index is 6.79. The maximum Gasteiger partial charge on any atom is 0.161 e. The van der Waals surface area contributed by atoms with Gasteiger partial charge in [-0.2, -0.15) is 0 Å². The van der Waals surface area contributed by atoms with Gasteiger partial charge in [0.2, 0.25) is 0 Å². The molecule has 0 bridgehead atoms. The summed E-state index contributed by atoms with van der Waals surface area (Å²) in [6.45, 7) is 0. The zero-order valence-electron chi connectivity index (χ0n) is 66.0. The normalized spacial score (nSPS) is 11.8. The molecular formula is C116H70N4O2. The number of benzene rings is 20. The van der Waals surface area contributed by atoms with Crippen LogP contribution in [0.25, 0.3) is 254 Å². The second-order valence-corrected chi connectivity index (χ2v) is 31.8. The molecule has 0 aliphatic rings. The van der Waals surface area contributed by atoms with E-state index in [2.05, 4.69) is 413 Å². The Balaban J connectivity index is 0.622. The van der Waals surface area contributed by atoms with Crippen molar-refractivity contribution in [1.29, 1.82) is 0 Å². The average molecular weight is 1550 g/mol. The van der Waals surface area contributed by atoms with Crippen LogP contribution in [0.5, 0.6) is 0 Å². The van der Waals surface area contributed by atoms with Crippen molar-refractivity contribution in [1.82, 2.24) is 19.9 Å². The van der Waals surface area contributed by atoms with E-state index < -0.39 is 0 Å². The molecule has 0 N–H and O–H groups in total. The third-order valence-corrected chi connectivity index (χ3v) is 24.7. The van der Waals surface area contributed by atoms with E-state index in [1.165, 1.54) is 53.9 Å². The summed E-state index contributed by atoms with van der Waals surface area (Å²) in [5.41, 5.74) is 27.6. The Morgan fingerprint density at radius 3 is 0.787 bits per heavy atom. The Morgan fingerprint density at radius 2 is 0.385 bits per heavy atom. The minimum absolute atomic E-state index is 0.612. The zero-order valence-corrected chi connectivity index (χ0v) is 66.0. The Hall–Kier alpha value is -16.3. The summed E-state index contributed by atoms with van der Waals surface area (Å²) in [6.07, 6.45) is 0. The SMILES string of the molecule is c1ccc(-c2ccc(-c3cc(-c4ccc(-c5cccc(-c6ccc7c(c6)c6ccccc6c6ccc(-c8c(-c9nc(-c%10cccc(-c%11ccccc%11)c%10)cc(-c%10cccc(-c%11ccccc%11)c%10)n9)ccc9oc%10ccccc%10c89)cc67)c5)cc4)nc(-c4ccc5oc6ccccc6c5c4-c4ccc5c6ccccc6c6ccccc6c5c4)n3)cc2)cc1. The summed E-state index contributed by atoms with van der Waals surface area (Å²) >= 11 is 0. The summed E-state index contributed by atoms with van der Waals surface area (Å²) in [5, 5.41) is 18.4. The predicted octanol–water partition coefficient (Wildman–Crippen LogP) is 31.7. The molecule has 122 heavy (non-hydrogen) atoms. The van der Waals surface area contributed by atoms with Crippen LogP contribution in [0.3, 0.4) is 0 Å². The van der Waals surface area contributed by atoms with E-state index in [1.54, 1.807) is 0 Å². The highest BCUT2D eigenvalue weighted by Gasteiger charge is 2.26. The van der Waals surface area contributed by atoms with Crippen molar-refractivity contribution in [3.8, 4) is 146 Å². The van der Waals surface area contributed by atoms with E-state index in [1.807, 2.05) is 12.1 Å². The van der Waals surface area contributed by atoms with Crippen LogP contribution < -0.4 is 0 Å². The number of fused-ring (bicyclic) bond motifs is 18. The molecule has 0 saturated carbocycles. The molecule has 20 aromatic carbocycles. The number of para-hydroxylation sites is 2. The Labute approximate surface area is 702 Å². The maximum atomic E-state index is 6.79. The van der Waals surface area contributed by atoms with Gasteiger partial charge in [-0.05, 0) is 216 Å². The molecule has 0 saturated heterocycles. The molecular weight excluding hydrogens is 1480 g/mol. The predicted molar refractivity (Wildman–Crippen MR) is 508 cm³/mol. The van der Waals surface area contributed by atoms with Gasteiger partial charge in [0, 0.05) is 66.1 Å². The van der Waals surface area contributed by atoms with Crippen molar-refractivity contribution in [3.63, 3.8) is 0 Å². The molecule has 0 aliphatic heterocycles. The molecule has 4 heterocycles. The van der Waals surface area contributed by atoms with Gasteiger partial charge >= 0.3 is 0 Å². The van der Waals surface area contributed by atoms with Gasteiger partial charge in [-0.1, -0.05) is 340 Å². The molecule has 6 heteroatoms. The molecule has 0 spiro atoms. The van der Waals surface area contributed by atoms with Crippen LogP contribution in [0, 0.1) is 0 Å². The largest absolute Gasteiger partial charge is 0.456 e. The molecule has 0 unspecified atom stereocenters. The lowest BCUT2D eigenvalue weighted by molar-refractivity contribution is 0.668. The van der Waals surface area contributed by atoms with E-state index in [0.29, 0.717) is 11.6 Å². The van der Waals surface area contributed by atoms with Crippen molar-refractivity contribution in [2.24, 2.45) is 0 Å². The first kappa shape index (κ1) is 70.0.